The molecule has 5 heteroatoms. The zero-order valence-corrected chi connectivity index (χ0v) is 18.8. The number of carbonyl (C=O) groups is 1. The van der Waals surface area contributed by atoms with Crippen LogP contribution in [0.5, 0.6) is 0 Å². The summed E-state index contributed by atoms with van der Waals surface area (Å²) in [5.74, 6) is 0.363. The number of rotatable bonds is 4. The third-order valence-corrected chi connectivity index (χ3v) is 6.13. The molecule has 1 heterocycles. The number of methoxy groups -OCH3 is 1. The number of ether oxygens (including phenoxy) is 1. The van der Waals surface area contributed by atoms with Crippen LogP contribution in [0.1, 0.15) is 47.7 Å². The Morgan fingerprint density at radius 1 is 1.06 bits per heavy atom. The molecule has 0 fully saturated rings. The maximum atomic E-state index is 12.3. The predicted octanol–water partition coefficient (Wildman–Crippen LogP) is 5.62. The fourth-order valence-corrected chi connectivity index (χ4v) is 4.54. The molecule has 32 heavy (non-hydrogen) atoms. The number of nitrogens with one attached hydrogen (secondary N) is 1. The van der Waals surface area contributed by atoms with Crippen molar-refractivity contribution in [3.63, 3.8) is 0 Å². The second-order valence-electron chi connectivity index (χ2n) is 8.63. The molecular formula is C27H29N3O2. The fraction of sp³-hybridized carbons (Fsp3) is 0.259. The number of hydrogen-bond donors (Lipinski definition) is 2. The second-order valence-corrected chi connectivity index (χ2v) is 8.63. The van der Waals surface area contributed by atoms with E-state index >= 15 is 0 Å². The van der Waals surface area contributed by atoms with Crippen LogP contribution in [0.3, 0.4) is 0 Å². The van der Waals surface area contributed by atoms with E-state index in [1.165, 1.54) is 18.2 Å². The first kappa shape index (κ1) is 21.6. The fourth-order valence-electron chi connectivity index (χ4n) is 4.54. The molecule has 0 saturated carbocycles. The number of hydrogen-bond acceptors (Lipinski definition) is 3. The molecule has 0 aliphatic carbocycles. The summed E-state index contributed by atoms with van der Waals surface area (Å²) in [6, 6.07) is 18.6. The molecule has 3 aromatic carbocycles. The van der Waals surface area contributed by atoms with Gasteiger partial charge in [0.2, 0.25) is 0 Å². The molecule has 0 spiro atoms. The van der Waals surface area contributed by atoms with Crippen LogP contribution in [0.4, 0.5) is 4.79 Å². The van der Waals surface area contributed by atoms with Crippen molar-refractivity contribution in [2.75, 3.05) is 13.7 Å². The third-order valence-electron chi connectivity index (χ3n) is 6.13. The maximum Gasteiger partial charge on any atom is 0.410 e. The van der Waals surface area contributed by atoms with Gasteiger partial charge in [-0.25, -0.2) is 4.79 Å². The summed E-state index contributed by atoms with van der Waals surface area (Å²) in [4.78, 5) is 14.2. The lowest BCUT2D eigenvalue weighted by Gasteiger charge is -2.38. The van der Waals surface area contributed by atoms with Gasteiger partial charge < -0.3 is 15.4 Å². The minimum atomic E-state index is -0.264. The van der Waals surface area contributed by atoms with Crippen LogP contribution in [0, 0.1) is 11.3 Å². The van der Waals surface area contributed by atoms with Crippen LogP contribution >= 0.6 is 0 Å². The minimum absolute atomic E-state index is 0.00990. The molecule has 0 radical (unpaired) electrons. The van der Waals surface area contributed by atoms with Crippen molar-refractivity contribution in [1.82, 2.24) is 4.90 Å². The van der Waals surface area contributed by atoms with Gasteiger partial charge in [-0.1, -0.05) is 62.4 Å². The summed E-state index contributed by atoms with van der Waals surface area (Å²) < 4.78 is 5.03. The number of nitrogens with two attached hydrogens (primary N) is 1. The zero-order valence-electron chi connectivity index (χ0n) is 18.8. The van der Waals surface area contributed by atoms with Crippen LogP contribution in [-0.4, -0.2) is 30.5 Å². The smallest absolute Gasteiger partial charge is 0.410 e. The van der Waals surface area contributed by atoms with Crippen molar-refractivity contribution in [1.29, 1.82) is 5.41 Å². The molecule has 3 aromatic rings. The van der Waals surface area contributed by atoms with Crippen molar-refractivity contribution >= 4 is 34.9 Å². The van der Waals surface area contributed by atoms with Gasteiger partial charge in [0.1, 0.15) is 5.84 Å². The summed E-state index contributed by atoms with van der Waals surface area (Å²) >= 11 is 0. The molecule has 5 nitrogen and oxygen atoms in total. The van der Waals surface area contributed by atoms with E-state index in [0.29, 0.717) is 6.54 Å². The summed E-state index contributed by atoms with van der Waals surface area (Å²) in [5.41, 5.74) is 11.0. The molecule has 1 aliphatic rings. The lowest BCUT2D eigenvalue weighted by molar-refractivity contribution is 0.0877. The van der Waals surface area contributed by atoms with E-state index in [9.17, 15) is 4.79 Å². The number of amides is 1. The van der Waals surface area contributed by atoms with Crippen LogP contribution in [0.15, 0.2) is 54.6 Å². The van der Waals surface area contributed by atoms with E-state index in [0.717, 1.165) is 33.9 Å². The second kappa shape index (κ2) is 8.87. The monoisotopic (exact) mass is 427 g/mol. The normalized spacial score (nSPS) is 15.9. The van der Waals surface area contributed by atoms with Crippen LogP contribution in [0.25, 0.3) is 22.9 Å². The van der Waals surface area contributed by atoms with Crippen LogP contribution in [0.2, 0.25) is 0 Å². The summed E-state index contributed by atoms with van der Waals surface area (Å²) in [5, 5.41) is 9.77. The lowest BCUT2D eigenvalue weighted by atomic mass is 9.85. The largest absolute Gasteiger partial charge is 0.453 e. The van der Waals surface area contributed by atoms with Gasteiger partial charge in [0.05, 0.1) is 13.2 Å². The summed E-state index contributed by atoms with van der Waals surface area (Å²) in [6.07, 6.45) is 4.79. The number of benzene rings is 3. The molecular weight excluding hydrogens is 398 g/mol. The molecule has 3 N–H and O–H groups in total. The molecule has 0 bridgehead atoms. The third kappa shape index (κ3) is 4.24. The molecule has 1 aliphatic heterocycles. The first-order valence-electron chi connectivity index (χ1n) is 10.9. The number of nitrogens with zero attached hydrogens (tertiary/aromatic N) is 1. The molecule has 4 rings (SSSR count). The highest BCUT2D eigenvalue weighted by atomic mass is 16.5. The van der Waals surface area contributed by atoms with Gasteiger partial charge >= 0.3 is 6.09 Å². The molecule has 164 valence electrons. The van der Waals surface area contributed by atoms with Gasteiger partial charge in [0.15, 0.2) is 0 Å². The molecule has 1 atom stereocenters. The Kier molecular flexibility index (Phi) is 5.99. The first-order valence-corrected chi connectivity index (χ1v) is 10.9. The molecule has 0 saturated heterocycles. The van der Waals surface area contributed by atoms with Crippen molar-refractivity contribution in [2.24, 2.45) is 11.7 Å². The highest BCUT2D eigenvalue weighted by Crippen LogP contribution is 2.36. The van der Waals surface area contributed by atoms with Crippen molar-refractivity contribution < 1.29 is 9.53 Å². The Labute approximate surface area is 189 Å². The quantitative estimate of drug-likeness (QED) is 0.322. The number of carbonyl (C=O) groups excluding carboxylic acids is 1. The van der Waals surface area contributed by atoms with E-state index in [-0.39, 0.29) is 23.9 Å². The van der Waals surface area contributed by atoms with E-state index in [1.54, 1.807) is 0 Å². The average molecular weight is 428 g/mol. The molecule has 1 amide bonds. The Hall–Kier alpha value is -3.60. The topological polar surface area (TPSA) is 79.4 Å². The first-order chi connectivity index (χ1) is 15.4. The van der Waals surface area contributed by atoms with Gasteiger partial charge in [0.25, 0.3) is 0 Å². The van der Waals surface area contributed by atoms with E-state index < -0.39 is 0 Å². The predicted molar refractivity (Wildman–Crippen MR) is 131 cm³/mol. The summed E-state index contributed by atoms with van der Waals surface area (Å²) in [7, 11) is 1.44. The zero-order chi connectivity index (χ0) is 22.8. The van der Waals surface area contributed by atoms with Crippen LogP contribution in [-0.2, 0) is 11.2 Å². The Morgan fingerprint density at radius 2 is 1.72 bits per heavy atom. The Bertz CT molecular complexity index is 1210. The van der Waals surface area contributed by atoms with Crippen molar-refractivity contribution in [3.8, 4) is 0 Å². The van der Waals surface area contributed by atoms with E-state index in [1.807, 2.05) is 23.1 Å². The Morgan fingerprint density at radius 3 is 2.41 bits per heavy atom. The van der Waals surface area contributed by atoms with Crippen molar-refractivity contribution in [2.45, 2.75) is 26.3 Å². The van der Waals surface area contributed by atoms with Gasteiger partial charge in [-0.3, -0.25) is 5.41 Å². The van der Waals surface area contributed by atoms with Gasteiger partial charge in [0, 0.05) is 12.1 Å². The SMILES string of the molecule is COC(=O)N1CCc2ccc(C=Cc3ccc4cc(C(=N)N)ccc4c3)cc2C1C(C)C. The van der Waals surface area contributed by atoms with Gasteiger partial charge in [-0.15, -0.1) is 0 Å². The number of amidine groups is 1. The molecule has 0 aromatic heterocycles. The standard InChI is InChI=1S/C27H29N3O2/c1-17(2)25-24-15-19(6-8-20(24)12-13-30(25)27(31)32-3)5-4-18-7-9-22-16-23(26(28)29)11-10-21(22)14-18/h4-11,14-17,25H,12-13H2,1-3H3,(H3,28,29). The molecule has 1 unspecified atom stereocenters. The highest BCUT2D eigenvalue weighted by Gasteiger charge is 2.33. The maximum absolute atomic E-state index is 12.3. The lowest BCUT2D eigenvalue weighted by Crippen LogP contribution is -2.42. The van der Waals surface area contributed by atoms with Gasteiger partial charge in [-0.2, -0.15) is 0 Å². The number of fused-ring (bicyclic) bond motifs is 2. The van der Waals surface area contributed by atoms with E-state index in [2.05, 4.69) is 62.4 Å². The highest BCUT2D eigenvalue weighted by molar-refractivity contribution is 5.99. The average Bonchev–Trinajstić information content (AvgIpc) is 2.80. The van der Waals surface area contributed by atoms with Crippen LogP contribution < -0.4 is 5.73 Å². The van der Waals surface area contributed by atoms with Crippen molar-refractivity contribution in [3.05, 3.63) is 82.4 Å². The van der Waals surface area contributed by atoms with Gasteiger partial charge in [-0.05, 0) is 63.6 Å². The van der Waals surface area contributed by atoms with E-state index in [4.69, 9.17) is 15.9 Å². The number of nitrogen functional groups attached to an aromatic ring is 1. The Balaban J connectivity index is 1.63. The summed E-state index contributed by atoms with van der Waals surface area (Å²) in [6.45, 7) is 4.97. The minimum Gasteiger partial charge on any atom is -0.453 e.